The number of carbonyl (C=O) groups is 2. The van der Waals surface area contributed by atoms with E-state index in [1.54, 1.807) is 19.3 Å². The summed E-state index contributed by atoms with van der Waals surface area (Å²) in [6.45, 7) is 4.17. The van der Waals surface area contributed by atoms with Crippen molar-refractivity contribution in [3.8, 4) is 16.9 Å². The Kier molecular flexibility index (Phi) is 4.77. The number of fused-ring (bicyclic) bond motifs is 2. The first-order chi connectivity index (χ1) is 13.1. The van der Waals surface area contributed by atoms with E-state index in [1.165, 1.54) is 0 Å². The topological polar surface area (TPSA) is 74.8 Å². The van der Waals surface area contributed by atoms with Crippen LogP contribution in [-0.4, -0.2) is 65.4 Å². The highest BCUT2D eigenvalue weighted by Gasteiger charge is 2.31. The van der Waals surface area contributed by atoms with Crippen LogP contribution in [0.4, 0.5) is 5.69 Å². The molecule has 0 bridgehead atoms. The Bertz CT molecular complexity index is 856. The number of nitrogens with zero attached hydrogens (tertiary/aromatic N) is 3. The fraction of sp³-hybridized carbons (Fsp3) is 0.350. The number of nitrogens with one attached hydrogen (secondary N) is 1. The maximum atomic E-state index is 12.6. The quantitative estimate of drug-likeness (QED) is 0.830. The van der Waals surface area contributed by atoms with E-state index in [-0.39, 0.29) is 24.4 Å². The molecule has 2 amide bonds. The number of rotatable bonds is 1. The smallest absolute Gasteiger partial charge is 0.238 e. The van der Waals surface area contributed by atoms with Crippen LogP contribution in [0, 0.1) is 0 Å². The van der Waals surface area contributed by atoms with Crippen LogP contribution < -0.4 is 10.1 Å². The molecular weight excluding hydrogens is 344 g/mol. The van der Waals surface area contributed by atoms with Gasteiger partial charge in [-0.25, -0.2) is 0 Å². The molecule has 0 aliphatic carbocycles. The van der Waals surface area contributed by atoms with Crippen molar-refractivity contribution in [1.29, 1.82) is 0 Å². The van der Waals surface area contributed by atoms with Gasteiger partial charge < -0.3 is 15.0 Å². The van der Waals surface area contributed by atoms with Gasteiger partial charge in [0.25, 0.3) is 0 Å². The number of hydrogen-bond acceptors (Lipinski definition) is 5. The molecule has 0 unspecified atom stereocenters. The van der Waals surface area contributed by atoms with Crippen LogP contribution in [-0.2, 0) is 9.59 Å². The third-order valence-corrected chi connectivity index (χ3v) is 5.08. The number of anilines is 1. The van der Waals surface area contributed by atoms with E-state index < -0.39 is 0 Å². The van der Waals surface area contributed by atoms with Crippen molar-refractivity contribution in [2.24, 2.45) is 0 Å². The Morgan fingerprint density at radius 1 is 1.26 bits per heavy atom. The maximum Gasteiger partial charge on any atom is 0.238 e. The van der Waals surface area contributed by atoms with Gasteiger partial charge in [0.15, 0.2) is 0 Å². The molecule has 1 aromatic heterocycles. The van der Waals surface area contributed by atoms with Crippen LogP contribution in [0.5, 0.6) is 5.75 Å². The van der Waals surface area contributed by atoms with Gasteiger partial charge in [0, 0.05) is 44.5 Å². The molecule has 1 N–H and O–H groups in total. The monoisotopic (exact) mass is 366 g/mol. The van der Waals surface area contributed by atoms with Gasteiger partial charge in [-0.05, 0) is 23.8 Å². The zero-order valence-corrected chi connectivity index (χ0v) is 15.2. The van der Waals surface area contributed by atoms with Crippen molar-refractivity contribution < 1.29 is 14.3 Å². The fourth-order valence-electron chi connectivity index (χ4n) is 3.57. The number of benzene rings is 1. The van der Waals surface area contributed by atoms with Gasteiger partial charge in [-0.1, -0.05) is 12.1 Å². The average molecular weight is 366 g/mol. The summed E-state index contributed by atoms with van der Waals surface area (Å²) in [4.78, 5) is 32.3. The van der Waals surface area contributed by atoms with Crippen molar-refractivity contribution in [3.05, 3.63) is 42.7 Å². The standard InChI is InChI=1S/C20H22N4O3/c1-14(25)23-7-8-24-12-20(26)22-18-9-15(16-3-2-6-21-10-16)4-5-19(18)27-13-17(24)11-23/h2-6,9-10,17H,7-8,11-13H2,1H3,(H,22,26)/t17-/m0/s1. The zero-order valence-electron chi connectivity index (χ0n) is 15.2. The Morgan fingerprint density at radius 3 is 2.93 bits per heavy atom. The summed E-state index contributed by atoms with van der Waals surface area (Å²) in [5, 5.41) is 2.97. The number of pyridine rings is 1. The van der Waals surface area contributed by atoms with Gasteiger partial charge in [0.2, 0.25) is 11.8 Å². The summed E-state index contributed by atoms with van der Waals surface area (Å²) in [6.07, 6.45) is 3.52. The molecule has 1 aromatic carbocycles. The second-order valence-electron chi connectivity index (χ2n) is 6.90. The minimum absolute atomic E-state index is 0.00245. The predicted molar refractivity (Wildman–Crippen MR) is 101 cm³/mol. The first kappa shape index (κ1) is 17.5. The number of ether oxygens (including phenoxy) is 1. The molecule has 1 saturated heterocycles. The molecule has 4 rings (SSSR count). The molecule has 0 spiro atoms. The van der Waals surface area contributed by atoms with E-state index in [0.29, 0.717) is 37.7 Å². The Balaban J connectivity index is 1.60. The lowest BCUT2D eigenvalue weighted by atomic mass is 10.1. The summed E-state index contributed by atoms with van der Waals surface area (Å²) in [6, 6.07) is 9.60. The van der Waals surface area contributed by atoms with Gasteiger partial charge in [-0.2, -0.15) is 0 Å². The normalized spacial score (nSPS) is 20.3. The number of hydrogen-bond donors (Lipinski definition) is 1. The third-order valence-electron chi connectivity index (χ3n) is 5.08. The summed E-state index contributed by atoms with van der Waals surface area (Å²) < 4.78 is 6.04. The molecular formula is C20H22N4O3. The van der Waals surface area contributed by atoms with E-state index in [2.05, 4.69) is 15.2 Å². The molecule has 3 heterocycles. The summed E-state index contributed by atoms with van der Waals surface area (Å²) in [5.41, 5.74) is 2.60. The lowest BCUT2D eigenvalue weighted by Gasteiger charge is -2.40. The minimum Gasteiger partial charge on any atom is -0.490 e. The second kappa shape index (κ2) is 7.36. The Morgan fingerprint density at radius 2 is 2.15 bits per heavy atom. The van der Waals surface area contributed by atoms with E-state index in [0.717, 1.165) is 11.1 Å². The van der Waals surface area contributed by atoms with Crippen LogP contribution in [0.1, 0.15) is 6.92 Å². The van der Waals surface area contributed by atoms with Gasteiger partial charge >= 0.3 is 0 Å². The molecule has 140 valence electrons. The number of carbonyl (C=O) groups excluding carboxylic acids is 2. The highest BCUT2D eigenvalue weighted by Crippen LogP contribution is 2.31. The van der Waals surface area contributed by atoms with Crippen LogP contribution in [0.15, 0.2) is 42.7 Å². The van der Waals surface area contributed by atoms with E-state index in [1.807, 2.05) is 35.2 Å². The van der Waals surface area contributed by atoms with Crippen LogP contribution in [0.25, 0.3) is 11.1 Å². The molecule has 7 nitrogen and oxygen atoms in total. The molecule has 0 saturated carbocycles. The molecule has 2 aromatic rings. The lowest BCUT2D eigenvalue weighted by molar-refractivity contribution is -0.132. The lowest BCUT2D eigenvalue weighted by Crippen LogP contribution is -2.57. The van der Waals surface area contributed by atoms with Crippen molar-refractivity contribution in [1.82, 2.24) is 14.8 Å². The second-order valence-corrected chi connectivity index (χ2v) is 6.90. The molecule has 2 aliphatic heterocycles. The third kappa shape index (κ3) is 3.78. The summed E-state index contributed by atoms with van der Waals surface area (Å²) >= 11 is 0. The van der Waals surface area contributed by atoms with Crippen molar-refractivity contribution >= 4 is 17.5 Å². The van der Waals surface area contributed by atoms with Crippen LogP contribution in [0.2, 0.25) is 0 Å². The molecule has 7 heteroatoms. The molecule has 2 aliphatic rings. The number of amides is 2. The first-order valence-electron chi connectivity index (χ1n) is 9.07. The zero-order chi connectivity index (χ0) is 18.8. The van der Waals surface area contributed by atoms with Crippen molar-refractivity contribution in [2.75, 3.05) is 38.1 Å². The fourth-order valence-corrected chi connectivity index (χ4v) is 3.57. The largest absolute Gasteiger partial charge is 0.490 e. The molecule has 0 radical (unpaired) electrons. The molecule has 1 atom stereocenters. The maximum absolute atomic E-state index is 12.6. The van der Waals surface area contributed by atoms with Gasteiger partial charge in [0.05, 0.1) is 18.3 Å². The predicted octanol–water partition coefficient (Wildman–Crippen LogP) is 1.61. The van der Waals surface area contributed by atoms with E-state index in [4.69, 9.17) is 4.74 Å². The molecule has 27 heavy (non-hydrogen) atoms. The first-order valence-corrected chi connectivity index (χ1v) is 9.07. The SMILES string of the molecule is CC(=O)N1CCN2CC(=O)Nc3cc(-c4cccnc4)ccc3OC[C@@H]2C1. The van der Waals surface area contributed by atoms with Gasteiger partial charge in [-0.15, -0.1) is 0 Å². The minimum atomic E-state index is -0.0774. The highest BCUT2D eigenvalue weighted by atomic mass is 16.5. The van der Waals surface area contributed by atoms with Gasteiger partial charge in [0.1, 0.15) is 12.4 Å². The Hall–Kier alpha value is -2.93. The Labute approximate surface area is 157 Å². The summed E-state index contributed by atoms with van der Waals surface area (Å²) in [7, 11) is 0. The number of piperazine rings is 1. The highest BCUT2D eigenvalue weighted by molar-refractivity contribution is 5.94. The summed E-state index contributed by atoms with van der Waals surface area (Å²) in [5.74, 6) is 0.615. The number of aromatic nitrogens is 1. The van der Waals surface area contributed by atoms with E-state index in [9.17, 15) is 9.59 Å². The van der Waals surface area contributed by atoms with Crippen molar-refractivity contribution in [2.45, 2.75) is 13.0 Å². The van der Waals surface area contributed by atoms with Gasteiger partial charge in [-0.3, -0.25) is 19.5 Å². The molecule has 1 fully saturated rings. The average Bonchev–Trinajstić information content (AvgIpc) is 2.74. The van der Waals surface area contributed by atoms with Crippen LogP contribution in [0.3, 0.4) is 0 Å². The van der Waals surface area contributed by atoms with Crippen molar-refractivity contribution in [3.63, 3.8) is 0 Å². The van der Waals surface area contributed by atoms with E-state index >= 15 is 0 Å². The van der Waals surface area contributed by atoms with Crippen LogP contribution >= 0.6 is 0 Å².